The van der Waals surface area contributed by atoms with Crippen molar-refractivity contribution in [1.82, 2.24) is 9.80 Å². The Balaban J connectivity index is 0.00000334. The van der Waals surface area contributed by atoms with Crippen LogP contribution in [0.3, 0.4) is 0 Å². The first-order chi connectivity index (χ1) is 17.2. The molecule has 0 aliphatic rings. The SMILES string of the molecule is CC.CCC(C)c1cc(N=CN(C)CC)c(C)cc1C(=O)N(Cc1cccc(C(F)(F)F)c1)C(F)(F)F. The number of carbonyl (C=O) groups excluding carboxylic acids is 1. The van der Waals surface area contributed by atoms with E-state index in [-0.39, 0.29) is 21.9 Å². The number of hydrogen-bond donors (Lipinski definition) is 0. The Morgan fingerprint density at radius 1 is 1.05 bits per heavy atom. The number of aliphatic imine (C=N–C) groups is 1. The second-order valence-corrected chi connectivity index (χ2v) is 8.41. The van der Waals surface area contributed by atoms with Crippen LogP contribution in [-0.4, -0.2) is 41.9 Å². The molecule has 0 fully saturated rings. The van der Waals surface area contributed by atoms with Gasteiger partial charge in [0.2, 0.25) is 0 Å². The summed E-state index contributed by atoms with van der Waals surface area (Å²) in [6, 6.07) is 6.51. The van der Waals surface area contributed by atoms with Crippen LogP contribution >= 0.6 is 0 Å². The van der Waals surface area contributed by atoms with Gasteiger partial charge in [0.15, 0.2) is 0 Å². The summed E-state index contributed by atoms with van der Waals surface area (Å²) in [7, 11) is 1.82. The molecule has 0 bridgehead atoms. The van der Waals surface area contributed by atoms with Crippen LogP contribution in [0, 0.1) is 6.92 Å². The van der Waals surface area contributed by atoms with Crippen LogP contribution in [0.15, 0.2) is 41.4 Å². The van der Waals surface area contributed by atoms with E-state index in [9.17, 15) is 31.1 Å². The van der Waals surface area contributed by atoms with Gasteiger partial charge in [-0.2, -0.15) is 13.2 Å². The molecule has 1 amide bonds. The van der Waals surface area contributed by atoms with Crippen molar-refractivity contribution in [3.05, 3.63) is 64.2 Å². The van der Waals surface area contributed by atoms with Gasteiger partial charge in [-0.25, -0.2) is 9.89 Å². The number of alkyl halides is 6. The van der Waals surface area contributed by atoms with Crippen LogP contribution in [0.2, 0.25) is 0 Å². The molecule has 0 spiro atoms. The van der Waals surface area contributed by atoms with E-state index < -0.39 is 30.5 Å². The van der Waals surface area contributed by atoms with Crippen molar-refractivity contribution in [3.8, 4) is 0 Å². The van der Waals surface area contributed by atoms with Crippen LogP contribution in [0.25, 0.3) is 0 Å². The van der Waals surface area contributed by atoms with Crippen LogP contribution in [0.4, 0.5) is 32.0 Å². The Hall–Kier alpha value is -3.04. The molecule has 2 aromatic carbocycles. The minimum atomic E-state index is -5.10. The van der Waals surface area contributed by atoms with Gasteiger partial charge in [0, 0.05) is 19.2 Å². The number of amides is 1. The van der Waals surface area contributed by atoms with Crippen molar-refractivity contribution in [2.24, 2.45) is 4.99 Å². The second kappa shape index (κ2) is 13.5. The molecule has 0 saturated heterocycles. The highest BCUT2D eigenvalue weighted by atomic mass is 19.4. The summed E-state index contributed by atoms with van der Waals surface area (Å²) in [4.78, 5) is 19.1. The van der Waals surface area contributed by atoms with Gasteiger partial charge in [0.25, 0.3) is 5.91 Å². The number of benzene rings is 2. The Kier molecular flexibility index (Phi) is 11.7. The first-order valence-corrected chi connectivity index (χ1v) is 12.1. The number of halogens is 6. The van der Waals surface area contributed by atoms with Crippen molar-refractivity contribution in [2.45, 2.75) is 72.9 Å². The van der Waals surface area contributed by atoms with Crippen molar-refractivity contribution in [3.63, 3.8) is 0 Å². The zero-order chi connectivity index (χ0) is 28.6. The van der Waals surface area contributed by atoms with E-state index in [1.54, 1.807) is 26.3 Å². The number of rotatable bonds is 8. The van der Waals surface area contributed by atoms with Gasteiger partial charge < -0.3 is 4.90 Å². The summed E-state index contributed by atoms with van der Waals surface area (Å²) >= 11 is 0. The van der Waals surface area contributed by atoms with E-state index in [1.165, 1.54) is 6.07 Å². The molecule has 1 unspecified atom stereocenters. The second-order valence-electron chi connectivity index (χ2n) is 8.41. The molecule has 10 heteroatoms. The molecule has 4 nitrogen and oxygen atoms in total. The van der Waals surface area contributed by atoms with Crippen LogP contribution in [0.1, 0.15) is 79.6 Å². The Morgan fingerprint density at radius 2 is 1.68 bits per heavy atom. The van der Waals surface area contributed by atoms with Crippen molar-refractivity contribution in [2.75, 3.05) is 13.6 Å². The fraction of sp³-hybridized carbons (Fsp3) is 0.481. The van der Waals surface area contributed by atoms with Crippen LogP contribution < -0.4 is 0 Å². The third-order valence-corrected chi connectivity index (χ3v) is 5.78. The lowest BCUT2D eigenvalue weighted by molar-refractivity contribution is -0.228. The molecule has 2 rings (SSSR count). The largest absolute Gasteiger partial charge is 0.487 e. The lowest BCUT2D eigenvalue weighted by Gasteiger charge is -2.27. The maximum atomic E-state index is 14.0. The molecule has 1 atom stereocenters. The van der Waals surface area contributed by atoms with E-state index in [0.29, 0.717) is 35.8 Å². The summed E-state index contributed by atoms with van der Waals surface area (Å²) in [6.07, 6.45) is -7.67. The molecule has 0 saturated carbocycles. The van der Waals surface area contributed by atoms with Gasteiger partial charge in [-0.05, 0) is 67.1 Å². The molecule has 2 aromatic rings. The lowest BCUT2D eigenvalue weighted by atomic mass is 9.90. The first-order valence-electron chi connectivity index (χ1n) is 12.1. The van der Waals surface area contributed by atoms with E-state index >= 15 is 0 Å². The fourth-order valence-corrected chi connectivity index (χ4v) is 3.36. The van der Waals surface area contributed by atoms with Gasteiger partial charge in [0.1, 0.15) is 0 Å². The van der Waals surface area contributed by atoms with Crippen LogP contribution in [0.5, 0.6) is 0 Å². The van der Waals surface area contributed by atoms with E-state index in [2.05, 4.69) is 4.99 Å². The average Bonchev–Trinajstić information content (AvgIpc) is 2.85. The molecule has 0 radical (unpaired) electrons. The predicted octanol–water partition coefficient (Wildman–Crippen LogP) is 8.33. The standard InChI is InChI=1S/C25H29F6N3O.C2H6/c1-6-16(3)20-13-22(32-15-33(5)7-2)17(4)11-21(20)23(35)34(25(29,30)31)14-18-9-8-10-19(12-18)24(26,27)28;1-2/h8-13,15-16H,6-7,14H2,1-5H3;1-2H3. The fourth-order valence-electron chi connectivity index (χ4n) is 3.36. The molecular formula is C27H35F6N3O. The zero-order valence-electron chi connectivity index (χ0n) is 22.3. The summed E-state index contributed by atoms with van der Waals surface area (Å²) in [5.41, 5.74) is -0.0938. The summed E-state index contributed by atoms with van der Waals surface area (Å²) in [5, 5.41) is 0. The van der Waals surface area contributed by atoms with Crippen molar-refractivity contribution < 1.29 is 31.1 Å². The van der Waals surface area contributed by atoms with Crippen molar-refractivity contribution in [1.29, 1.82) is 0 Å². The molecule has 0 N–H and O–H groups in total. The quantitative estimate of drug-likeness (QED) is 0.149. The summed E-state index contributed by atoms with van der Waals surface area (Å²) in [6.45, 7) is 10.9. The molecule has 206 valence electrons. The lowest BCUT2D eigenvalue weighted by Crippen LogP contribution is -2.42. The Morgan fingerprint density at radius 3 is 2.19 bits per heavy atom. The predicted molar refractivity (Wildman–Crippen MR) is 135 cm³/mol. The number of carbonyl (C=O) groups is 1. The highest BCUT2D eigenvalue weighted by Crippen LogP contribution is 2.35. The molecule has 37 heavy (non-hydrogen) atoms. The first kappa shape index (κ1) is 32.0. The summed E-state index contributed by atoms with van der Waals surface area (Å²) < 4.78 is 81.1. The maximum Gasteiger partial charge on any atom is 0.487 e. The number of nitrogens with zero attached hydrogens (tertiary/aromatic N) is 3. The minimum absolute atomic E-state index is 0.149. The van der Waals surface area contributed by atoms with Crippen molar-refractivity contribution >= 4 is 17.9 Å². The smallest absolute Gasteiger partial charge is 0.366 e. The van der Waals surface area contributed by atoms with Gasteiger partial charge in [0.05, 0.1) is 24.1 Å². The third-order valence-electron chi connectivity index (χ3n) is 5.78. The normalized spacial score (nSPS) is 12.7. The average molecular weight is 532 g/mol. The Labute approximate surface area is 215 Å². The van der Waals surface area contributed by atoms with Crippen LogP contribution in [-0.2, 0) is 12.7 Å². The highest BCUT2D eigenvalue weighted by molar-refractivity contribution is 5.97. The van der Waals surface area contributed by atoms with Gasteiger partial charge in [-0.15, -0.1) is 13.2 Å². The monoisotopic (exact) mass is 531 g/mol. The molecule has 0 aromatic heterocycles. The van der Waals surface area contributed by atoms with Gasteiger partial charge in [-0.3, -0.25) is 4.79 Å². The van der Waals surface area contributed by atoms with Gasteiger partial charge >= 0.3 is 12.5 Å². The zero-order valence-corrected chi connectivity index (χ0v) is 22.3. The van der Waals surface area contributed by atoms with Gasteiger partial charge in [-0.1, -0.05) is 39.8 Å². The van der Waals surface area contributed by atoms with E-state index in [4.69, 9.17) is 0 Å². The van der Waals surface area contributed by atoms with E-state index in [0.717, 1.165) is 18.2 Å². The topological polar surface area (TPSA) is 35.9 Å². The molecular weight excluding hydrogens is 496 g/mol. The molecule has 0 aliphatic heterocycles. The Bertz CT molecular complexity index is 1060. The highest BCUT2D eigenvalue weighted by Gasteiger charge is 2.42. The maximum absolute atomic E-state index is 14.0. The number of aryl methyl sites for hydroxylation is 1. The molecule has 0 aliphatic carbocycles. The third kappa shape index (κ3) is 8.79. The van der Waals surface area contributed by atoms with E-state index in [1.807, 2.05) is 39.6 Å². The minimum Gasteiger partial charge on any atom is -0.366 e. The molecule has 0 heterocycles. The number of hydrogen-bond acceptors (Lipinski definition) is 2. The summed E-state index contributed by atoms with van der Waals surface area (Å²) in [5.74, 6) is -1.58.